The van der Waals surface area contributed by atoms with Crippen LogP contribution in [0.1, 0.15) is 67.2 Å². The SMILES string of the molecule is CCn1nnc(C(C(=O)Nc2ccc(-c3c(C)cnn3C)cn2)C2CCC(C)CC2)c1C(N)=O. The van der Waals surface area contributed by atoms with Crippen molar-refractivity contribution in [2.24, 2.45) is 24.6 Å². The number of primary amides is 1. The number of amides is 2. The van der Waals surface area contributed by atoms with E-state index >= 15 is 0 Å². The second-order valence-electron chi connectivity index (χ2n) is 9.22. The molecule has 180 valence electrons. The molecule has 1 aliphatic rings. The quantitative estimate of drug-likeness (QED) is 0.552. The molecule has 10 nitrogen and oxygen atoms in total. The van der Waals surface area contributed by atoms with E-state index in [9.17, 15) is 9.59 Å². The summed E-state index contributed by atoms with van der Waals surface area (Å²) < 4.78 is 3.26. The van der Waals surface area contributed by atoms with Gasteiger partial charge in [0.1, 0.15) is 17.2 Å². The van der Waals surface area contributed by atoms with Crippen molar-refractivity contribution in [2.75, 3.05) is 5.32 Å². The number of pyridine rings is 1. The fraction of sp³-hybridized carbons (Fsp3) is 0.500. The average Bonchev–Trinajstić information content (AvgIpc) is 3.39. The minimum absolute atomic E-state index is 0.0488. The van der Waals surface area contributed by atoms with Crippen LogP contribution in [0.2, 0.25) is 0 Å². The lowest BCUT2D eigenvalue weighted by atomic mass is 9.74. The number of hydrogen-bond acceptors (Lipinski definition) is 6. The van der Waals surface area contributed by atoms with Crippen molar-refractivity contribution in [3.8, 4) is 11.3 Å². The van der Waals surface area contributed by atoms with Crippen LogP contribution < -0.4 is 11.1 Å². The minimum Gasteiger partial charge on any atom is -0.364 e. The molecule has 0 bridgehead atoms. The number of nitrogens with one attached hydrogen (secondary N) is 1. The number of nitrogens with two attached hydrogens (primary N) is 1. The number of rotatable bonds is 7. The molecule has 3 aromatic heterocycles. The zero-order chi connectivity index (χ0) is 24.4. The summed E-state index contributed by atoms with van der Waals surface area (Å²) in [5.41, 5.74) is 9.17. The predicted octanol–water partition coefficient (Wildman–Crippen LogP) is 3.05. The van der Waals surface area contributed by atoms with Crippen molar-refractivity contribution in [1.82, 2.24) is 29.8 Å². The number of nitrogens with zero attached hydrogens (tertiary/aromatic N) is 6. The Morgan fingerprint density at radius 3 is 2.50 bits per heavy atom. The maximum absolute atomic E-state index is 13.6. The Morgan fingerprint density at radius 1 is 1.21 bits per heavy atom. The molecule has 0 spiro atoms. The zero-order valence-corrected chi connectivity index (χ0v) is 20.2. The first-order chi connectivity index (χ1) is 16.3. The van der Waals surface area contributed by atoms with Gasteiger partial charge in [0.15, 0.2) is 0 Å². The number of carbonyl (C=O) groups excluding carboxylic acids is 2. The van der Waals surface area contributed by atoms with Crippen molar-refractivity contribution >= 4 is 17.6 Å². The Bertz CT molecular complexity index is 1150. The van der Waals surface area contributed by atoms with Crippen LogP contribution in [-0.2, 0) is 18.4 Å². The highest BCUT2D eigenvalue weighted by Gasteiger charge is 2.38. The lowest BCUT2D eigenvalue weighted by molar-refractivity contribution is -0.119. The second-order valence-corrected chi connectivity index (χ2v) is 9.22. The third-order valence-corrected chi connectivity index (χ3v) is 6.81. The molecule has 10 heteroatoms. The summed E-state index contributed by atoms with van der Waals surface area (Å²) in [6.45, 7) is 6.52. The molecule has 3 N–H and O–H groups in total. The van der Waals surface area contributed by atoms with E-state index in [4.69, 9.17) is 5.73 Å². The summed E-state index contributed by atoms with van der Waals surface area (Å²) in [6, 6.07) is 3.68. The van der Waals surface area contributed by atoms with E-state index in [-0.39, 0.29) is 17.5 Å². The summed E-state index contributed by atoms with van der Waals surface area (Å²) in [6.07, 6.45) is 7.34. The Balaban J connectivity index is 1.63. The van der Waals surface area contributed by atoms with Crippen molar-refractivity contribution in [1.29, 1.82) is 0 Å². The average molecular weight is 465 g/mol. The van der Waals surface area contributed by atoms with Gasteiger partial charge < -0.3 is 11.1 Å². The highest BCUT2D eigenvalue weighted by atomic mass is 16.2. The van der Waals surface area contributed by atoms with Crippen LogP contribution >= 0.6 is 0 Å². The molecule has 1 atom stereocenters. The van der Waals surface area contributed by atoms with E-state index in [1.165, 1.54) is 4.68 Å². The molecular formula is C24H32N8O2. The lowest BCUT2D eigenvalue weighted by Crippen LogP contribution is -2.32. The number of carbonyl (C=O) groups is 2. The van der Waals surface area contributed by atoms with E-state index in [2.05, 4.69) is 32.6 Å². The van der Waals surface area contributed by atoms with Gasteiger partial charge in [0.2, 0.25) is 5.91 Å². The molecule has 0 aliphatic heterocycles. The largest absolute Gasteiger partial charge is 0.364 e. The normalized spacial score (nSPS) is 19.1. The number of aryl methyl sites for hydroxylation is 3. The fourth-order valence-electron chi connectivity index (χ4n) is 4.97. The standard InChI is InChI=1S/C24H32N8O2/c1-5-32-22(23(25)33)20(29-30-32)19(16-8-6-14(2)7-9-16)24(34)28-18-11-10-17(13-26-18)21-15(3)12-27-31(21)4/h10-14,16,19H,5-9H2,1-4H3,(H2,25,33)(H,26,28,34). The predicted molar refractivity (Wildman–Crippen MR) is 128 cm³/mol. The molecule has 1 aliphatic carbocycles. The van der Waals surface area contributed by atoms with Crippen molar-refractivity contribution < 1.29 is 9.59 Å². The first kappa shape index (κ1) is 23.6. The van der Waals surface area contributed by atoms with Gasteiger partial charge in [0.25, 0.3) is 5.91 Å². The summed E-state index contributed by atoms with van der Waals surface area (Å²) in [5, 5.41) is 15.6. The molecular weight excluding hydrogens is 432 g/mol. The van der Waals surface area contributed by atoms with E-state index < -0.39 is 11.8 Å². The summed E-state index contributed by atoms with van der Waals surface area (Å²) in [5.74, 6) is -0.401. The van der Waals surface area contributed by atoms with Crippen LogP contribution in [-0.4, -0.2) is 41.6 Å². The number of aromatic nitrogens is 6. The van der Waals surface area contributed by atoms with Gasteiger partial charge in [-0.25, -0.2) is 9.67 Å². The van der Waals surface area contributed by atoms with Gasteiger partial charge in [0, 0.05) is 25.4 Å². The first-order valence-electron chi connectivity index (χ1n) is 11.8. The van der Waals surface area contributed by atoms with Gasteiger partial charge in [-0.15, -0.1) is 5.10 Å². The van der Waals surface area contributed by atoms with Gasteiger partial charge >= 0.3 is 0 Å². The lowest BCUT2D eigenvalue weighted by Gasteiger charge is -2.31. The van der Waals surface area contributed by atoms with Crippen LogP contribution in [0.3, 0.4) is 0 Å². The van der Waals surface area contributed by atoms with Crippen molar-refractivity contribution in [2.45, 2.75) is 58.9 Å². The fourth-order valence-corrected chi connectivity index (χ4v) is 4.97. The Hall–Kier alpha value is -3.56. The Morgan fingerprint density at radius 2 is 1.94 bits per heavy atom. The highest BCUT2D eigenvalue weighted by molar-refractivity contribution is 5.99. The van der Waals surface area contributed by atoms with E-state index in [1.54, 1.807) is 23.1 Å². The smallest absolute Gasteiger partial charge is 0.268 e. The maximum Gasteiger partial charge on any atom is 0.268 e. The second kappa shape index (κ2) is 9.74. The number of anilines is 1. The van der Waals surface area contributed by atoms with E-state index in [0.29, 0.717) is 24.0 Å². The van der Waals surface area contributed by atoms with Crippen molar-refractivity contribution in [3.63, 3.8) is 0 Å². The molecule has 3 heterocycles. The molecule has 1 fully saturated rings. The molecule has 0 radical (unpaired) electrons. The summed E-state index contributed by atoms with van der Waals surface area (Å²) >= 11 is 0. The third-order valence-electron chi connectivity index (χ3n) is 6.81. The number of hydrogen-bond donors (Lipinski definition) is 2. The zero-order valence-electron chi connectivity index (χ0n) is 20.2. The van der Waals surface area contributed by atoms with E-state index in [0.717, 1.165) is 42.5 Å². The molecule has 2 amide bonds. The van der Waals surface area contributed by atoms with Gasteiger partial charge in [-0.2, -0.15) is 5.10 Å². The molecule has 0 saturated heterocycles. The van der Waals surface area contributed by atoms with E-state index in [1.807, 2.05) is 27.0 Å². The van der Waals surface area contributed by atoms with Crippen LogP contribution in [0.25, 0.3) is 11.3 Å². The third kappa shape index (κ3) is 4.57. The van der Waals surface area contributed by atoms with Crippen LogP contribution in [0.15, 0.2) is 24.5 Å². The molecule has 4 rings (SSSR count). The first-order valence-corrected chi connectivity index (χ1v) is 11.8. The van der Waals surface area contributed by atoms with Gasteiger partial charge in [-0.3, -0.25) is 14.3 Å². The van der Waals surface area contributed by atoms with Crippen molar-refractivity contribution in [3.05, 3.63) is 41.5 Å². The van der Waals surface area contributed by atoms with Crippen LogP contribution in [0.5, 0.6) is 0 Å². The molecule has 3 aromatic rings. The van der Waals surface area contributed by atoms with Gasteiger partial charge in [-0.1, -0.05) is 25.0 Å². The molecule has 1 saturated carbocycles. The Kier molecular flexibility index (Phi) is 6.76. The molecule has 0 aromatic carbocycles. The minimum atomic E-state index is -0.629. The van der Waals surface area contributed by atoms with Gasteiger partial charge in [-0.05, 0) is 56.2 Å². The molecule has 1 unspecified atom stereocenters. The topological polar surface area (TPSA) is 134 Å². The summed E-state index contributed by atoms with van der Waals surface area (Å²) in [7, 11) is 1.88. The Labute approximate surface area is 198 Å². The summed E-state index contributed by atoms with van der Waals surface area (Å²) in [4.78, 5) is 30.3. The molecule has 34 heavy (non-hydrogen) atoms. The van der Waals surface area contributed by atoms with Crippen LogP contribution in [0.4, 0.5) is 5.82 Å². The monoisotopic (exact) mass is 464 g/mol. The van der Waals surface area contributed by atoms with Gasteiger partial charge in [0.05, 0.1) is 17.8 Å². The van der Waals surface area contributed by atoms with Crippen LogP contribution in [0, 0.1) is 18.8 Å². The highest BCUT2D eigenvalue weighted by Crippen LogP contribution is 2.39. The maximum atomic E-state index is 13.6.